The van der Waals surface area contributed by atoms with Gasteiger partial charge >= 0.3 is 12.5 Å². The Hall–Kier alpha value is -3.63. The van der Waals surface area contributed by atoms with Crippen molar-refractivity contribution in [3.8, 4) is 22.6 Å². The maximum absolute atomic E-state index is 15.3. The molecule has 0 radical (unpaired) electrons. The van der Waals surface area contributed by atoms with Gasteiger partial charge in [-0.1, -0.05) is 31.1 Å². The summed E-state index contributed by atoms with van der Waals surface area (Å²) in [4.78, 5) is 0. The van der Waals surface area contributed by atoms with E-state index in [0.29, 0.717) is 30.2 Å². The number of halogens is 9. The summed E-state index contributed by atoms with van der Waals surface area (Å²) >= 11 is 0. The predicted molar refractivity (Wildman–Crippen MR) is 159 cm³/mol. The fourth-order valence-electron chi connectivity index (χ4n) is 7.20. The van der Waals surface area contributed by atoms with Gasteiger partial charge in [0.1, 0.15) is 28.8 Å². The number of hydrogen-bond acceptors (Lipinski definition) is 2. The molecule has 3 aromatic rings. The fourth-order valence-corrected chi connectivity index (χ4v) is 7.20. The minimum absolute atomic E-state index is 0.143. The molecule has 2 nitrogen and oxygen atoms in total. The number of alkyl halides is 5. The topological polar surface area (TPSA) is 18.5 Å². The molecule has 0 amide bonds. The van der Waals surface area contributed by atoms with E-state index in [4.69, 9.17) is 0 Å². The minimum atomic E-state index is -5.25. The first-order valence-electron chi connectivity index (χ1n) is 15.8. The largest absolute Gasteiger partial charge is 0.573 e. The summed E-state index contributed by atoms with van der Waals surface area (Å²) in [5, 5.41) is 0. The average Bonchev–Trinajstić information content (AvgIpc) is 3.00. The number of benzene rings is 3. The van der Waals surface area contributed by atoms with Gasteiger partial charge in [0.15, 0.2) is 11.6 Å². The van der Waals surface area contributed by atoms with Crippen molar-refractivity contribution >= 4 is 0 Å². The summed E-state index contributed by atoms with van der Waals surface area (Å²) in [7, 11) is 0. The van der Waals surface area contributed by atoms with E-state index in [-0.39, 0.29) is 23.1 Å². The van der Waals surface area contributed by atoms with E-state index in [9.17, 15) is 35.1 Å². The summed E-state index contributed by atoms with van der Waals surface area (Å²) in [6.45, 7) is 3.82. The zero-order chi connectivity index (χ0) is 33.9. The molecule has 0 saturated heterocycles. The van der Waals surface area contributed by atoms with E-state index in [1.165, 1.54) is 44.2 Å². The third-order valence-corrected chi connectivity index (χ3v) is 9.59. The lowest BCUT2D eigenvalue weighted by Gasteiger charge is -2.38. The molecule has 0 unspecified atom stereocenters. The SMILES string of the molecule is C=CCCC1CCC(C2CCC(c3ccc(-c4cc(F)c(C(F)(F)Oc5ccc(OC(F)(F)F)c(F)c5)c(F)c4)c(F)c3)CC2)CC1. The average molecular weight is 671 g/mol. The quantitative estimate of drug-likeness (QED) is 0.158. The number of hydrogen-bond donors (Lipinski definition) is 0. The van der Waals surface area contributed by atoms with Crippen LogP contribution in [0.4, 0.5) is 39.5 Å². The van der Waals surface area contributed by atoms with Gasteiger partial charge in [0.2, 0.25) is 0 Å². The van der Waals surface area contributed by atoms with E-state index < -0.39 is 52.8 Å². The van der Waals surface area contributed by atoms with Crippen LogP contribution in [0, 0.1) is 41.0 Å². The van der Waals surface area contributed by atoms with Crippen LogP contribution in [-0.4, -0.2) is 6.36 Å². The van der Waals surface area contributed by atoms with Gasteiger partial charge in [0.05, 0.1) is 0 Å². The van der Waals surface area contributed by atoms with Crippen molar-refractivity contribution in [3.05, 3.63) is 95.6 Å². The second-order valence-corrected chi connectivity index (χ2v) is 12.6. The number of ether oxygens (including phenoxy) is 2. The third-order valence-electron chi connectivity index (χ3n) is 9.59. The Morgan fingerprint density at radius 1 is 0.681 bits per heavy atom. The zero-order valence-corrected chi connectivity index (χ0v) is 25.5. The van der Waals surface area contributed by atoms with Crippen LogP contribution in [0.25, 0.3) is 11.1 Å². The molecule has 5 rings (SSSR count). The molecule has 0 aromatic heterocycles. The molecule has 2 aliphatic carbocycles. The van der Waals surface area contributed by atoms with E-state index in [0.717, 1.165) is 49.5 Å². The molecule has 0 aliphatic heterocycles. The third kappa shape index (κ3) is 8.46. The summed E-state index contributed by atoms with van der Waals surface area (Å²) in [6, 6.07) is 6.50. The van der Waals surface area contributed by atoms with Crippen molar-refractivity contribution < 1.29 is 49.0 Å². The van der Waals surface area contributed by atoms with Gasteiger partial charge in [-0.25, -0.2) is 17.6 Å². The Balaban J connectivity index is 1.23. The second kappa shape index (κ2) is 14.2. The highest BCUT2D eigenvalue weighted by Gasteiger charge is 2.42. The number of rotatable bonds is 10. The lowest BCUT2D eigenvalue weighted by atomic mass is 9.68. The van der Waals surface area contributed by atoms with Crippen molar-refractivity contribution in [2.75, 3.05) is 0 Å². The molecule has 0 N–H and O–H groups in total. The standard InChI is InChI=1S/C36H35F9O2/c1-2-3-4-21-5-7-22(8-6-21)23-9-11-24(12-10-23)25-13-15-28(29(37)17-25)26-18-31(39)34(32(40)19-26)35(41,42)46-27-14-16-33(30(38)20-27)47-36(43,44)45/h2,13-24H,1,3-12H2. The van der Waals surface area contributed by atoms with Crippen molar-refractivity contribution in [1.82, 2.24) is 0 Å². The highest BCUT2D eigenvalue weighted by molar-refractivity contribution is 5.65. The first kappa shape index (κ1) is 34.7. The maximum Gasteiger partial charge on any atom is 0.573 e. The smallest absolute Gasteiger partial charge is 0.429 e. The van der Waals surface area contributed by atoms with Crippen LogP contribution in [0.15, 0.2) is 61.2 Å². The fraction of sp³-hybridized carbons (Fsp3) is 0.444. The lowest BCUT2D eigenvalue weighted by Crippen LogP contribution is -2.25. The molecule has 3 aromatic carbocycles. The van der Waals surface area contributed by atoms with Gasteiger partial charge in [0, 0.05) is 11.6 Å². The van der Waals surface area contributed by atoms with Gasteiger partial charge in [-0.2, -0.15) is 8.78 Å². The van der Waals surface area contributed by atoms with Crippen LogP contribution in [0.5, 0.6) is 11.5 Å². The Morgan fingerprint density at radius 2 is 1.30 bits per heavy atom. The molecule has 0 bridgehead atoms. The zero-order valence-electron chi connectivity index (χ0n) is 25.5. The van der Waals surface area contributed by atoms with E-state index in [1.54, 1.807) is 6.07 Å². The van der Waals surface area contributed by atoms with E-state index >= 15 is 4.39 Å². The summed E-state index contributed by atoms with van der Waals surface area (Å²) in [5.74, 6) is -6.01. The maximum atomic E-state index is 15.3. The molecule has 2 fully saturated rings. The molecule has 2 saturated carbocycles. The van der Waals surface area contributed by atoms with Crippen LogP contribution < -0.4 is 9.47 Å². The van der Waals surface area contributed by atoms with Crippen LogP contribution in [0.3, 0.4) is 0 Å². The molecule has 0 spiro atoms. The Morgan fingerprint density at radius 3 is 1.85 bits per heavy atom. The van der Waals surface area contributed by atoms with E-state index in [2.05, 4.69) is 16.1 Å². The normalized spacial score (nSPS) is 22.1. The van der Waals surface area contributed by atoms with Gasteiger partial charge in [-0.05, 0) is 116 Å². The van der Waals surface area contributed by atoms with Gasteiger partial charge in [-0.3, -0.25) is 0 Å². The Kier molecular flexibility index (Phi) is 10.5. The van der Waals surface area contributed by atoms with Crippen molar-refractivity contribution in [2.45, 2.75) is 82.6 Å². The summed E-state index contributed by atoms with van der Waals surface area (Å²) < 4.78 is 134. The van der Waals surface area contributed by atoms with Crippen LogP contribution in [-0.2, 0) is 6.11 Å². The minimum Gasteiger partial charge on any atom is -0.429 e. The highest BCUT2D eigenvalue weighted by atomic mass is 19.4. The van der Waals surface area contributed by atoms with Gasteiger partial charge in [-0.15, -0.1) is 19.8 Å². The number of allylic oxidation sites excluding steroid dienone is 1. The van der Waals surface area contributed by atoms with Gasteiger partial charge in [0.25, 0.3) is 0 Å². The molecule has 2 aliphatic rings. The van der Waals surface area contributed by atoms with Crippen LogP contribution in [0.1, 0.15) is 81.3 Å². The lowest BCUT2D eigenvalue weighted by molar-refractivity contribution is -0.275. The molecular formula is C36H35F9O2. The Bertz CT molecular complexity index is 1530. The first-order valence-corrected chi connectivity index (χ1v) is 15.8. The molecule has 0 atom stereocenters. The molecular weight excluding hydrogens is 635 g/mol. The second-order valence-electron chi connectivity index (χ2n) is 12.6. The van der Waals surface area contributed by atoms with Crippen molar-refractivity contribution in [3.63, 3.8) is 0 Å². The highest BCUT2D eigenvalue weighted by Crippen LogP contribution is 2.45. The van der Waals surface area contributed by atoms with Crippen LogP contribution >= 0.6 is 0 Å². The van der Waals surface area contributed by atoms with Crippen molar-refractivity contribution in [1.29, 1.82) is 0 Å². The molecule has 11 heteroatoms. The van der Waals surface area contributed by atoms with Gasteiger partial charge < -0.3 is 9.47 Å². The monoisotopic (exact) mass is 670 g/mol. The summed E-state index contributed by atoms with van der Waals surface area (Å²) in [5.41, 5.74) is -1.58. The Labute approximate surface area is 267 Å². The van der Waals surface area contributed by atoms with Crippen LogP contribution in [0.2, 0.25) is 0 Å². The summed E-state index contributed by atoms with van der Waals surface area (Å²) in [6.07, 6.45) is 3.25. The molecule has 0 heterocycles. The van der Waals surface area contributed by atoms with E-state index in [1.807, 2.05) is 6.08 Å². The first-order chi connectivity index (χ1) is 22.2. The molecule has 47 heavy (non-hydrogen) atoms. The van der Waals surface area contributed by atoms with Crippen molar-refractivity contribution in [2.24, 2.45) is 17.8 Å². The molecule has 254 valence electrons. The predicted octanol–water partition coefficient (Wildman–Crippen LogP) is 12.0.